The number of aromatic nitrogens is 2. The highest BCUT2D eigenvalue weighted by atomic mass is 32.2. The van der Waals surface area contributed by atoms with Crippen LogP contribution in [0.5, 0.6) is 0 Å². The minimum Gasteiger partial charge on any atom is -0.278 e. The van der Waals surface area contributed by atoms with Crippen LogP contribution >= 0.6 is 0 Å². The lowest BCUT2D eigenvalue weighted by atomic mass is 10.2. The van der Waals surface area contributed by atoms with Gasteiger partial charge in [-0.05, 0) is 31.2 Å². The molecule has 130 valence electrons. The molecule has 1 heterocycles. The van der Waals surface area contributed by atoms with Crippen molar-refractivity contribution in [1.29, 1.82) is 0 Å². The lowest BCUT2D eigenvalue weighted by Crippen LogP contribution is -2.34. The highest BCUT2D eigenvalue weighted by Gasteiger charge is 2.19. The van der Waals surface area contributed by atoms with E-state index in [2.05, 4.69) is 15.2 Å². The quantitative estimate of drug-likeness (QED) is 0.676. The van der Waals surface area contributed by atoms with Gasteiger partial charge in [-0.25, -0.2) is 17.8 Å². The van der Waals surface area contributed by atoms with Crippen LogP contribution in [0.25, 0.3) is 10.9 Å². The van der Waals surface area contributed by atoms with Gasteiger partial charge in [0.1, 0.15) is 10.7 Å². The van der Waals surface area contributed by atoms with Gasteiger partial charge in [-0.1, -0.05) is 24.3 Å². The molecule has 0 atom stereocenters. The first kappa shape index (κ1) is 17.1. The summed E-state index contributed by atoms with van der Waals surface area (Å²) >= 11 is 0. The van der Waals surface area contributed by atoms with Crippen LogP contribution in [0.3, 0.4) is 0 Å². The van der Waals surface area contributed by atoms with E-state index in [4.69, 9.17) is 0 Å². The van der Waals surface area contributed by atoms with Crippen molar-refractivity contribution in [1.82, 2.24) is 14.4 Å². The molecule has 3 aromatic rings. The number of hydrazine groups is 1. The number of benzene rings is 2. The number of hydrogen-bond acceptors (Lipinski definition) is 5. The number of hydrogen-bond donors (Lipinski definition) is 2. The number of rotatable bonds is 5. The third-order valence-electron chi connectivity index (χ3n) is 3.60. The van der Waals surface area contributed by atoms with E-state index >= 15 is 0 Å². The van der Waals surface area contributed by atoms with Crippen LogP contribution in [0.1, 0.15) is 6.92 Å². The maximum Gasteiger partial charge on any atom is 0.262 e. The summed E-state index contributed by atoms with van der Waals surface area (Å²) < 4.78 is 39.5. The van der Waals surface area contributed by atoms with Gasteiger partial charge in [0.05, 0.1) is 10.9 Å². The van der Waals surface area contributed by atoms with Crippen molar-refractivity contribution in [2.75, 3.05) is 5.43 Å². The summed E-state index contributed by atoms with van der Waals surface area (Å²) in [5.41, 5.74) is 2.53. The monoisotopic (exact) mass is 362 g/mol. The maximum absolute atomic E-state index is 13.7. The third kappa shape index (κ3) is 3.24. The van der Waals surface area contributed by atoms with Gasteiger partial charge in [0.25, 0.3) is 15.6 Å². The molecule has 0 amide bonds. The molecular formula is C16H15FN4O3S. The molecule has 0 bridgehead atoms. The highest BCUT2D eigenvalue weighted by Crippen LogP contribution is 2.14. The molecule has 0 aliphatic rings. The van der Waals surface area contributed by atoms with Gasteiger partial charge in [0, 0.05) is 6.54 Å². The van der Waals surface area contributed by atoms with Crippen LogP contribution in [0.15, 0.2) is 58.2 Å². The van der Waals surface area contributed by atoms with E-state index in [1.165, 1.54) is 16.7 Å². The fourth-order valence-corrected chi connectivity index (χ4v) is 3.31. The summed E-state index contributed by atoms with van der Waals surface area (Å²) in [5, 5.41) is 0.423. The van der Waals surface area contributed by atoms with Crippen molar-refractivity contribution in [3.8, 4) is 0 Å². The van der Waals surface area contributed by atoms with Crippen molar-refractivity contribution in [3.63, 3.8) is 0 Å². The number of para-hydroxylation sites is 1. The molecule has 2 aromatic carbocycles. The summed E-state index contributed by atoms with van der Waals surface area (Å²) in [6.45, 7) is 2.01. The first-order chi connectivity index (χ1) is 11.9. The van der Waals surface area contributed by atoms with Crippen LogP contribution in [-0.2, 0) is 16.6 Å². The average molecular weight is 362 g/mol. The van der Waals surface area contributed by atoms with Crippen LogP contribution < -0.4 is 15.8 Å². The lowest BCUT2D eigenvalue weighted by Gasteiger charge is -2.14. The average Bonchev–Trinajstić information content (AvgIpc) is 2.60. The molecule has 1 aromatic heterocycles. The van der Waals surface area contributed by atoms with Gasteiger partial charge in [0.15, 0.2) is 0 Å². The second-order valence-corrected chi connectivity index (χ2v) is 6.81. The van der Waals surface area contributed by atoms with Gasteiger partial charge in [-0.2, -0.15) is 0 Å². The van der Waals surface area contributed by atoms with Gasteiger partial charge >= 0.3 is 0 Å². The van der Waals surface area contributed by atoms with Crippen LogP contribution in [0.2, 0.25) is 0 Å². The molecule has 0 saturated heterocycles. The van der Waals surface area contributed by atoms with E-state index in [0.29, 0.717) is 10.9 Å². The molecule has 0 saturated carbocycles. The Morgan fingerprint density at radius 2 is 1.80 bits per heavy atom. The Hall–Kier alpha value is -2.78. The minimum absolute atomic E-state index is 0.0196. The van der Waals surface area contributed by atoms with Gasteiger partial charge < -0.3 is 0 Å². The molecule has 2 N–H and O–H groups in total. The molecule has 0 unspecified atom stereocenters. The Bertz CT molecular complexity index is 1100. The minimum atomic E-state index is -4.17. The van der Waals surface area contributed by atoms with Crippen molar-refractivity contribution >= 4 is 26.9 Å². The van der Waals surface area contributed by atoms with E-state index in [-0.39, 0.29) is 18.1 Å². The van der Waals surface area contributed by atoms with E-state index in [1.54, 1.807) is 31.2 Å². The Morgan fingerprint density at radius 1 is 1.12 bits per heavy atom. The molecule has 0 radical (unpaired) electrons. The molecule has 9 heteroatoms. The zero-order chi connectivity index (χ0) is 18.0. The Labute approximate surface area is 143 Å². The molecule has 25 heavy (non-hydrogen) atoms. The number of anilines is 1. The van der Waals surface area contributed by atoms with E-state index in [1.807, 2.05) is 0 Å². The number of nitrogens with one attached hydrogen (secondary N) is 2. The van der Waals surface area contributed by atoms with E-state index in [0.717, 1.165) is 12.1 Å². The molecule has 0 aliphatic heterocycles. The summed E-state index contributed by atoms with van der Waals surface area (Å²) in [4.78, 5) is 18.3. The second kappa shape index (κ2) is 6.61. The molecule has 0 fully saturated rings. The van der Waals surface area contributed by atoms with Gasteiger partial charge in [-0.3, -0.25) is 14.8 Å². The predicted octanol–water partition coefficient (Wildman–Crippen LogP) is 1.86. The fourth-order valence-electron chi connectivity index (χ4n) is 2.39. The summed E-state index contributed by atoms with van der Waals surface area (Å²) in [7, 11) is -4.17. The lowest BCUT2D eigenvalue weighted by molar-refractivity contribution is 0.560. The summed E-state index contributed by atoms with van der Waals surface area (Å²) in [6, 6.07) is 11.7. The largest absolute Gasteiger partial charge is 0.278 e. The number of halogens is 1. The Balaban J connectivity index is 1.99. The fraction of sp³-hybridized carbons (Fsp3) is 0.125. The standard InChI is InChI=1S/C16H15FN4O3S/c1-2-21-15(22)11-7-3-5-9-13(11)18-16(21)19-20-25(23,24)14-10-6-4-8-12(14)17/h3-10,20H,2H2,1H3,(H,18,19). The number of fused-ring (bicyclic) bond motifs is 1. The number of nitrogens with zero attached hydrogens (tertiary/aromatic N) is 2. The molecular weight excluding hydrogens is 347 g/mol. The Kier molecular flexibility index (Phi) is 4.51. The first-order valence-corrected chi connectivity index (χ1v) is 8.94. The topological polar surface area (TPSA) is 93.1 Å². The zero-order valence-electron chi connectivity index (χ0n) is 13.2. The van der Waals surface area contributed by atoms with Gasteiger partial charge in [0.2, 0.25) is 5.95 Å². The van der Waals surface area contributed by atoms with Crippen LogP contribution in [0, 0.1) is 5.82 Å². The zero-order valence-corrected chi connectivity index (χ0v) is 14.0. The smallest absolute Gasteiger partial charge is 0.262 e. The molecule has 0 spiro atoms. The normalized spacial score (nSPS) is 11.6. The van der Waals surface area contributed by atoms with Gasteiger partial charge in [-0.15, -0.1) is 4.83 Å². The summed E-state index contributed by atoms with van der Waals surface area (Å²) in [5.74, 6) is -0.859. The second-order valence-electron chi connectivity index (χ2n) is 5.16. The predicted molar refractivity (Wildman–Crippen MR) is 92.0 cm³/mol. The van der Waals surface area contributed by atoms with Crippen molar-refractivity contribution in [2.24, 2.45) is 0 Å². The third-order valence-corrected chi connectivity index (χ3v) is 4.88. The van der Waals surface area contributed by atoms with Crippen molar-refractivity contribution < 1.29 is 12.8 Å². The summed E-state index contributed by atoms with van der Waals surface area (Å²) in [6.07, 6.45) is 0. The molecule has 0 aliphatic carbocycles. The van der Waals surface area contributed by atoms with Crippen molar-refractivity contribution in [2.45, 2.75) is 18.4 Å². The van der Waals surface area contributed by atoms with E-state index in [9.17, 15) is 17.6 Å². The Morgan fingerprint density at radius 3 is 2.52 bits per heavy atom. The SMILES string of the molecule is CCn1c(NNS(=O)(=O)c2ccccc2F)nc2ccccc2c1=O. The highest BCUT2D eigenvalue weighted by molar-refractivity contribution is 7.89. The van der Waals surface area contributed by atoms with Crippen LogP contribution in [0.4, 0.5) is 10.3 Å². The van der Waals surface area contributed by atoms with E-state index < -0.39 is 20.7 Å². The number of sulfonamides is 1. The molecule has 7 nitrogen and oxygen atoms in total. The maximum atomic E-state index is 13.7. The van der Waals surface area contributed by atoms with Crippen molar-refractivity contribution in [3.05, 3.63) is 64.7 Å². The first-order valence-electron chi connectivity index (χ1n) is 7.46. The molecule has 3 rings (SSSR count). The van der Waals surface area contributed by atoms with Crippen LogP contribution in [-0.4, -0.2) is 18.0 Å².